The molecule has 6 nitrogen and oxygen atoms in total. The molecular weight excluding hydrogens is 456 g/mol. The lowest BCUT2D eigenvalue weighted by Gasteiger charge is -2.35. The first kappa shape index (κ1) is 27.1. The van der Waals surface area contributed by atoms with Gasteiger partial charge in [0.05, 0.1) is 22.2 Å². The molecule has 2 saturated heterocycles. The zero-order chi connectivity index (χ0) is 27.0. The highest BCUT2D eigenvalue weighted by molar-refractivity contribution is 6.25. The molecule has 2 aliphatic carbocycles. The number of hydrogen-bond donors (Lipinski definition) is 2. The quantitative estimate of drug-likeness (QED) is 0.342. The van der Waals surface area contributed by atoms with Crippen LogP contribution in [0.15, 0.2) is 34.3 Å². The summed E-state index contributed by atoms with van der Waals surface area (Å²) in [5.41, 5.74) is -1.47. The minimum atomic E-state index is -1.20. The number of aliphatic hydroxyl groups excluding tert-OH is 1. The Balaban J connectivity index is 1.92. The van der Waals surface area contributed by atoms with E-state index in [0.717, 1.165) is 18.4 Å². The first-order chi connectivity index (χ1) is 16.4. The summed E-state index contributed by atoms with van der Waals surface area (Å²) >= 11 is 0. The summed E-state index contributed by atoms with van der Waals surface area (Å²) in [5, 5.41) is 22.5. The van der Waals surface area contributed by atoms with Gasteiger partial charge in [0.2, 0.25) is 0 Å². The van der Waals surface area contributed by atoms with Crippen LogP contribution in [0.1, 0.15) is 94.4 Å². The summed E-state index contributed by atoms with van der Waals surface area (Å²) < 4.78 is 12.9. The molecule has 0 radical (unpaired) electrons. The van der Waals surface area contributed by atoms with Crippen LogP contribution in [-0.4, -0.2) is 44.7 Å². The maximum absolute atomic E-state index is 14.2. The van der Waals surface area contributed by atoms with Gasteiger partial charge in [-0.3, -0.25) is 9.59 Å². The Bertz CT molecular complexity index is 1060. The van der Waals surface area contributed by atoms with Gasteiger partial charge in [0, 0.05) is 17.9 Å². The molecule has 0 aromatic heterocycles. The molecule has 6 heteroatoms. The zero-order valence-electron chi connectivity index (χ0n) is 23.4. The Morgan fingerprint density at radius 3 is 2.33 bits per heavy atom. The summed E-state index contributed by atoms with van der Waals surface area (Å²) in [4.78, 5) is 27.5. The summed E-state index contributed by atoms with van der Waals surface area (Å²) in [6.07, 6.45) is 4.41. The Morgan fingerprint density at radius 1 is 1.22 bits per heavy atom. The van der Waals surface area contributed by atoms with E-state index in [4.69, 9.17) is 9.47 Å². The molecule has 2 aliphatic heterocycles. The van der Waals surface area contributed by atoms with Gasteiger partial charge in [-0.1, -0.05) is 25.5 Å². The number of Topliss-reactive ketones (excluding diaryl/α,β-unsaturated/α-hetero) is 2. The number of ether oxygens (including phenoxy) is 2. The molecule has 4 rings (SSSR count). The van der Waals surface area contributed by atoms with Gasteiger partial charge in [0.15, 0.2) is 11.6 Å². The van der Waals surface area contributed by atoms with Crippen LogP contribution in [0.5, 0.6) is 0 Å². The summed E-state index contributed by atoms with van der Waals surface area (Å²) in [6.45, 7) is 17.2. The van der Waals surface area contributed by atoms with Crippen LogP contribution >= 0.6 is 0 Å². The van der Waals surface area contributed by atoms with E-state index in [1.807, 2.05) is 19.9 Å². The fourth-order valence-corrected chi connectivity index (χ4v) is 7.08. The largest absolute Gasteiger partial charge is 0.507 e. The Labute approximate surface area is 215 Å². The number of carbonyl (C=O) groups is 2. The van der Waals surface area contributed by atoms with E-state index in [2.05, 4.69) is 20.8 Å². The maximum atomic E-state index is 14.2. The van der Waals surface area contributed by atoms with Gasteiger partial charge < -0.3 is 19.7 Å². The molecule has 36 heavy (non-hydrogen) atoms. The first-order valence-electron chi connectivity index (χ1n) is 13.4. The third-order valence-corrected chi connectivity index (χ3v) is 9.14. The first-order valence-corrected chi connectivity index (χ1v) is 13.4. The molecular formula is C30H44O6. The molecule has 0 spiro atoms. The van der Waals surface area contributed by atoms with Crippen LogP contribution in [0.4, 0.5) is 0 Å². The molecule has 1 unspecified atom stereocenters. The molecule has 3 fully saturated rings. The van der Waals surface area contributed by atoms with Gasteiger partial charge in [0.25, 0.3) is 0 Å². The molecule has 0 aromatic carbocycles. The number of ketones is 2. The van der Waals surface area contributed by atoms with E-state index in [1.54, 1.807) is 27.7 Å². The van der Waals surface area contributed by atoms with Crippen LogP contribution in [-0.2, 0) is 19.1 Å². The van der Waals surface area contributed by atoms with E-state index in [9.17, 15) is 19.8 Å². The number of carbonyl (C=O) groups excluding carboxylic acids is 2. The molecule has 1 saturated carbocycles. The molecule has 2 bridgehead atoms. The van der Waals surface area contributed by atoms with Crippen LogP contribution < -0.4 is 0 Å². The number of aliphatic hydroxyl groups is 2. The fraction of sp³-hybridized carbons (Fsp3) is 0.733. The van der Waals surface area contributed by atoms with Crippen molar-refractivity contribution in [3.8, 4) is 0 Å². The lowest BCUT2D eigenvalue weighted by molar-refractivity contribution is -0.128. The molecule has 0 amide bonds. The highest BCUT2D eigenvalue weighted by Gasteiger charge is 2.63. The highest BCUT2D eigenvalue weighted by atomic mass is 16.5. The van der Waals surface area contributed by atoms with Crippen LogP contribution in [0.3, 0.4) is 0 Å². The van der Waals surface area contributed by atoms with Crippen LogP contribution in [0.25, 0.3) is 0 Å². The van der Waals surface area contributed by atoms with E-state index in [1.165, 1.54) is 0 Å². The average molecular weight is 501 g/mol. The molecule has 2 N–H and O–H groups in total. The number of rotatable bonds is 7. The third kappa shape index (κ3) is 4.09. The summed E-state index contributed by atoms with van der Waals surface area (Å²) in [5.74, 6) is -0.582. The molecule has 200 valence electrons. The monoisotopic (exact) mass is 500 g/mol. The van der Waals surface area contributed by atoms with Crippen molar-refractivity contribution in [2.75, 3.05) is 0 Å². The van der Waals surface area contributed by atoms with Gasteiger partial charge in [-0.25, -0.2) is 0 Å². The van der Waals surface area contributed by atoms with Crippen molar-refractivity contribution in [1.29, 1.82) is 0 Å². The third-order valence-electron chi connectivity index (χ3n) is 9.14. The predicted octanol–water partition coefficient (Wildman–Crippen LogP) is 5.75. The number of hydrogen-bond acceptors (Lipinski definition) is 6. The van der Waals surface area contributed by atoms with Crippen molar-refractivity contribution in [2.45, 2.75) is 117 Å². The van der Waals surface area contributed by atoms with E-state index in [0.29, 0.717) is 30.1 Å². The summed E-state index contributed by atoms with van der Waals surface area (Å²) in [7, 11) is 0. The smallest absolute Gasteiger partial charge is 0.184 e. The van der Waals surface area contributed by atoms with Crippen molar-refractivity contribution in [3.63, 3.8) is 0 Å². The minimum absolute atomic E-state index is 0.110. The molecule has 2 heterocycles. The Hall–Kier alpha value is -1.92. The second-order valence-electron chi connectivity index (χ2n) is 13.4. The van der Waals surface area contributed by atoms with Crippen molar-refractivity contribution >= 4 is 11.6 Å². The molecule has 0 aromatic rings. The van der Waals surface area contributed by atoms with Crippen molar-refractivity contribution in [3.05, 3.63) is 34.3 Å². The molecule has 4 aliphatic rings. The maximum Gasteiger partial charge on any atom is 0.184 e. The average Bonchev–Trinajstić information content (AvgIpc) is 3.34. The Kier molecular flexibility index (Phi) is 6.45. The van der Waals surface area contributed by atoms with E-state index in [-0.39, 0.29) is 46.4 Å². The minimum Gasteiger partial charge on any atom is -0.507 e. The van der Waals surface area contributed by atoms with Crippen molar-refractivity contribution < 1.29 is 29.3 Å². The van der Waals surface area contributed by atoms with Gasteiger partial charge in [0.1, 0.15) is 23.2 Å². The highest BCUT2D eigenvalue weighted by Crippen LogP contribution is 2.61. The van der Waals surface area contributed by atoms with Crippen molar-refractivity contribution in [1.82, 2.24) is 0 Å². The van der Waals surface area contributed by atoms with Crippen LogP contribution in [0, 0.1) is 23.2 Å². The standard InChI is InChI=1S/C30H44O6/c1-16(2)10-13-30-15-21(27(5,6)34)35-26(30)18(24(32)22(25(30)33)23(31)17(3)4)14-20-19-11-12-29(20,9)36-28(19,7)8/h10,17,19-21,32,34H,11-15H2,1-9H3/t19-,20?,21+,29+,30+/m1/s1. The summed E-state index contributed by atoms with van der Waals surface area (Å²) in [6, 6.07) is 0. The van der Waals surface area contributed by atoms with Crippen LogP contribution in [0.2, 0.25) is 0 Å². The van der Waals surface area contributed by atoms with Gasteiger partial charge in [-0.05, 0) is 86.0 Å². The van der Waals surface area contributed by atoms with E-state index < -0.39 is 23.0 Å². The normalized spacial score (nSPS) is 35.4. The second kappa shape index (κ2) is 8.56. The number of allylic oxidation sites excluding steroid dienone is 5. The second-order valence-corrected chi connectivity index (χ2v) is 13.4. The lowest BCUT2D eigenvalue weighted by Crippen LogP contribution is -2.41. The zero-order valence-corrected chi connectivity index (χ0v) is 23.4. The lowest BCUT2D eigenvalue weighted by atomic mass is 9.65. The van der Waals surface area contributed by atoms with Gasteiger partial charge in [-0.15, -0.1) is 0 Å². The topological polar surface area (TPSA) is 93.1 Å². The van der Waals surface area contributed by atoms with E-state index >= 15 is 0 Å². The Morgan fingerprint density at radius 2 is 1.86 bits per heavy atom. The predicted molar refractivity (Wildman–Crippen MR) is 138 cm³/mol. The SMILES string of the molecule is CC(C)=CC[C@@]12C[C@@H](C(C)(C)O)OC1=C(CC1[C@H]3CC[C@]1(C)OC3(C)C)C(O)=C(C(=O)C(C)C)C2=O. The van der Waals surface area contributed by atoms with Crippen molar-refractivity contribution in [2.24, 2.45) is 23.2 Å². The fourth-order valence-electron chi connectivity index (χ4n) is 7.08. The van der Waals surface area contributed by atoms with Gasteiger partial charge >= 0.3 is 0 Å². The molecule has 5 atom stereocenters. The number of fused-ring (bicyclic) bond motifs is 3. The van der Waals surface area contributed by atoms with Gasteiger partial charge in [-0.2, -0.15) is 0 Å².